The number of aromatic nitrogens is 3. The molecule has 6 nitrogen and oxygen atoms in total. The minimum absolute atomic E-state index is 0.586. The topological polar surface area (TPSA) is 58.4 Å². The quantitative estimate of drug-likeness (QED) is 0.363. The summed E-state index contributed by atoms with van der Waals surface area (Å²) in [5.74, 6) is 2.35. The summed E-state index contributed by atoms with van der Waals surface area (Å²) in [4.78, 5) is 0. The fourth-order valence-corrected chi connectivity index (χ4v) is 3.01. The Hall–Kier alpha value is -3.28. The van der Waals surface area contributed by atoms with Gasteiger partial charge in [0.2, 0.25) is 0 Å². The van der Waals surface area contributed by atoms with Crippen LogP contribution in [0.3, 0.4) is 0 Å². The average molecular weight is 393 g/mol. The summed E-state index contributed by atoms with van der Waals surface area (Å²) in [6.45, 7) is 5.03. The SMILES string of the molecule is C=CCc1ccc(OCCCc2cn(Cc3ccc(OC)cc3)nn2)c(OC)c1. The van der Waals surface area contributed by atoms with Crippen LogP contribution in [-0.2, 0) is 19.4 Å². The van der Waals surface area contributed by atoms with E-state index in [0.29, 0.717) is 13.2 Å². The molecule has 0 radical (unpaired) electrons. The number of aryl methyl sites for hydroxylation is 1. The Labute approximate surface area is 171 Å². The van der Waals surface area contributed by atoms with E-state index < -0.39 is 0 Å². The van der Waals surface area contributed by atoms with Crippen molar-refractivity contribution in [2.24, 2.45) is 0 Å². The Balaban J connectivity index is 1.47. The van der Waals surface area contributed by atoms with E-state index in [9.17, 15) is 0 Å². The van der Waals surface area contributed by atoms with Gasteiger partial charge in [0.15, 0.2) is 11.5 Å². The molecule has 0 aliphatic heterocycles. The van der Waals surface area contributed by atoms with Crippen LogP contribution in [0.1, 0.15) is 23.2 Å². The van der Waals surface area contributed by atoms with Gasteiger partial charge in [-0.2, -0.15) is 0 Å². The highest BCUT2D eigenvalue weighted by atomic mass is 16.5. The molecule has 0 spiro atoms. The van der Waals surface area contributed by atoms with Gasteiger partial charge in [0, 0.05) is 6.20 Å². The lowest BCUT2D eigenvalue weighted by Gasteiger charge is -2.11. The highest BCUT2D eigenvalue weighted by Crippen LogP contribution is 2.28. The van der Waals surface area contributed by atoms with Crippen molar-refractivity contribution in [3.8, 4) is 17.2 Å². The van der Waals surface area contributed by atoms with Gasteiger partial charge >= 0.3 is 0 Å². The second kappa shape index (κ2) is 10.3. The zero-order valence-electron chi connectivity index (χ0n) is 17.0. The number of nitrogens with zero attached hydrogens (tertiary/aromatic N) is 3. The summed E-state index contributed by atoms with van der Waals surface area (Å²) in [5.41, 5.74) is 3.26. The van der Waals surface area contributed by atoms with E-state index >= 15 is 0 Å². The molecule has 6 heteroatoms. The molecular weight excluding hydrogens is 366 g/mol. The fraction of sp³-hybridized carbons (Fsp3) is 0.304. The molecule has 0 amide bonds. The Bertz CT molecular complexity index is 919. The van der Waals surface area contributed by atoms with Crippen LogP contribution in [0.15, 0.2) is 61.3 Å². The predicted molar refractivity (Wildman–Crippen MR) is 113 cm³/mol. The van der Waals surface area contributed by atoms with Crippen LogP contribution < -0.4 is 14.2 Å². The number of rotatable bonds is 11. The first-order valence-corrected chi connectivity index (χ1v) is 9.64. The average Bonchev–Trinajstić information content (AvgIpc) is 3.19. The molecule has 1 aromatic heterocycles. The van der Waals surface area contributed by atoms with Crippen LogP contribution >= 0.6 is 0 Å². The van der Waals surface area contributed by atoms with Crippen molar-refractivity contribution in [3.63, 3.8) is 0 Å². The molecule has 0 saturated heterocycles. The van der Waals surface area contributed by atoms with Gasteiger partial charge in [-0.05, 0) is 54.7 Å². The van der Waals surface area contributed by atoms with Gasteiger partial charge in [-0.1, -0.05) is 29.5 Å². The second-order valence-corrected chi connectivity index (χ2v) is 6.69. The van der Waals surface area contributed by atoms with Crippen LogP contribution in [0.2, 0.25) is 0 Å². The van der Waals surface area contributed by atoms with Crippen molar-refractivity contribution in [1.29, 1.82) is 0 Å². The van der Waals surface area contributed by atoms with Crippen molar-refractivity contribution in [2.45, 2.75) is 25.8 Å². The number of allylic oxidation sites excluding steroid dienone is 1. The number of hydrogen-bond donors (Lipinski definition) is 0. The zero-order valence-corrected chi connectivity index (χ0v) is 17.0. The summed E-state index contributed by atoms with van der Waals surface area (Å²) in [5, 5.41) is 8.47. The molecule has 29 heavy (non-hydrogen) atoms. The van der Waals surface area contributed by atoms with Crippen LogP contribution in [0.25, 0.3) is 0 Å². The van der Waals surface area contributed by atoms with Crippen LogP contribution in [0.5, 0.6) is 17.2 Å². The Morgan fingerprint density at radius 3 is 2.52 bits per heavy atom. The van der Waals surface area contributed by atoms with Gasteiger partial charge < -0.3 is 14.2 Å². The van der Waals surface area contributed by atoms with Crippen molar-refractivity contribution in [3.05, 3.63) is 78.1 Å². The smallest absolute Gasteiger partial charge is 0.161 e. The van der Waals surface area contributed by atoms with Crippen LogP contribution in [0, 0.1) is 0 Å². The molecule has 0 aliphatic carbocycles. The maximum Gasteiger partial charge on any atom is 0.161 e. The maximum atomic E-state index is 5.89. The van der Waals surface area contributed by atoms with E-state index in [4.69, 9.17) is 14.2 Å². The van der Waals surface area contributed by atoms with E-state index in [1.165, 1.54) is 0 Å². The molecule has 0 saturated carbocycles. The minimum atomic E-state index is 0.586. The van der Waals surface area contributed by atoms with Crippen molar-refractivity contribution < 1.29 is 14.2 Å². The molecule has 0 fully saturated rings. The maximum absolute atomic E-state index is 5.89. The van der Waals surface area contributed by atoms with E-state index in [1.54, 1.807) is 14.2 Å². The van der Waals surface area contributed by atoms with Gasteiger partial charge in [0.25, 0.3) is 0 Å². The molecule has 152 valence electrons. The molecular formula is C23H27N3O3. The highest BCUT2D eigenvalue weighted by Gasteiger charge is 2.07. The normalized spacial score (nSPS) is 10.6. The van der Waals surface area contributed by atoms with Crippen molar-refractivity contribution in [1.82, 2.24) is 15.0 Å². The predicted octanol–water partition coefficient (Wildman–Crippen LogP) is 4.08. The van der Waals surface area contributed by atoms with E-state index in [1.807, 2.05) is 59.4 Å². The fourth-order valence-electron chi connectivity index (χ4n) is 3.01. The number of ether oxygens (including phenoxy) is 3. The standard InChI is InChI=1S/C23H27N3O3/c1-4-6-18-10-13-22(23(15-18)28-3)29-14-5-7-20-17-26(25-24-20)16-19-8-11-21(27-2)12-9-19/h4,8-13,15,17H,1,5-7,14,16H2,2-3H3. The lowest BCUT2D eigenvalue weighted by Crippen LogP contribution is -2.02. The van der Waals surface area contributed by atoms with Gasteiger partial charge in [-0.15, -0.1) is 11.7 Å². The summed E-state index contributed by atoms with van der Waals surface area (Å²) in [7, 11) is 3.32. The lowest BCUT2D eigenvalue weighted by atomic mass is 10.1. The minimum Gasteiger partial charge on any atom is -0.497 e. The third-order valence-electron chi connectivity index (χ3n) is 4.53. The van der Waals surface area contributed by atoms with Crippen molar-refractivity contribution >= 4 is 0 Å². The van der Waals surface area contributed by atoms with E-state index in [-0.39, 0.29) is 0 Å². The first-order valence-electron chi connectivity index (χ1n) is 9.64. The van der Waals surface area contributed by atoms with Gasteiger partial charge in [0.05, 0.1) is 33.1 Å². The van der Waals surface area contributed by atoms with Crippen LogP contribution in [-0.4, -0.2) is 35.8 Å². The first kappa shape index (κ1) is 20.5. The summed E-state index contributed by atoms with van der Waals surface area (Å²) < 4.78 is 18.3. The molecule has 0 bridgehead atoms. The molecule has 0 aliphatic rings. The first-order chi connectivity index (χ1) is 14.2. The van der Waals surface area contributed by atoms with Crippen LogP contribution in [0.4, 0.5) is 0 Å². The van der Waals surface area contributed by atoms with E-state index in [2.05, 4.69) is 16.9 Å². The van der Waals surface area contributed by atoms with Gasteiger partial charge in [-0.25, -0.2) is 4.68 Å². The summed E-state index contributed by atoms with van der Waals surface area (Å²) in [6, 6.07) is 13.9. The molecule has 2 aromatic carbocycles. The third-order valence-corrected chi connectivity index (χ3v) is 4.53. The third kappa shape index (κ3) is 5.85. The summed E-state index contributed by atoms with van der Waals surface area (Å²) in [6.07, 6.45) is 6.31. The molecule has 3 rings (SSSR count). The number of benzene rings is 2. The Morgan fingerprint density at radius 2 is 1.79 bits per heavy atom. The molecule has 1 heterocycles. The monoisotopic (exact) mass is 393 g/mol. The lowest BCUT2D eigenvalue weighted by molar-refractivity contribution is 0.289. The number of hydrogen-bond acceptors (Lipinski definition) is 5. The molecule has 0 N–H and O–H groups in total. The Morgan fingerprint density at radius 1 is 1.00 bits per heavy atom. The van der Waals surface area contributed by atoms with E-state index in [0.717, 1.165) is 53.3 Å². The largest absolute Gasteiger partial charge is 0.497 e. The molecule has 3 aromatic rings. The molecule has 0 atom stereocenters. The zero-order chi connectivity index (χ0) is 20.5. The van der Waals surface area contributed by atoms with Gasteiger partial charge in [0.1, 0.15) is 5.75 Å². The highest BCUT2D eigenvalue weighted by molar-refractivity contribution is 5.43. The second-order valence-electron chi connectivity index (χ2n) is 6.69. The molecule has 0 unspecified atom stereocenters. The van der Waals surface area contributed by atoms with Gasteiger partial charge in [-0.3, -0.25) is 0 Å². The summed E-state index contributed by atoms with van der Waals surface area (Å²) >= 11 is 0. The Kier molecular flexibility index (Phi) is 7.28. The number of methoxy groups -OCH3 is 2. The van der Waals surface area contributed by atoms with Crippen molar-refractivity contribution in [2.75, 3.05) is 20.8 Å².